The molecule has 0 aliphatic rings. The summed E-state index contributed by atoms with van der Waals surface area (Å²) in [6, 6.07) is 10.7. The summed E-state index contributed by atoms with van der Waals surface area (Å²) in [6.45, 7) is 1.28. The topological polar surface area (TPSA) is 71.8 Å². The van der Waals surface area contributed by atoms with Crippen molar-refractivity contribution in [2.75, 3.05) is 32.6 Å². The van der Waals surface area contributed by atoms with Crippen LogP contribution in [0.1, 0.15) is 10.4 Å². The number of hydrogen-bond acceptors (Lipinski definition) is 5. The van der Waals surface area contributed by atoms with E-state index in [9.17, 15) is 4.79 Å². The smallest absolute Gasteiger partial charge is 0.260 e. The molecule has 3 rings (SSSR count). The van der Waals surface area contributed by atoms with E-state index in [2.05, 4.69) is 15.4 Å². The van der Waals surface area contributed by atoms with Gasteiger partial charge < -0.3 is 15.0 Å². The van der Waals surface area contributed by atoms with E-state index in [0.29, 0.717) is 29.4 Å². The maximum absolute atomic E-state index is 12.6. The van der Waals surface area contributed by atoms with Crippen LogP contribution in [0.4, 0.5) is 5.82 Å². The van der Waals surface area contributed by atoms with Crippen LogP contribution in [0.5, 0.6) is 5.75 Å². The van der Waals surface area contributed by atoms with Crippen molar-refractivity contribution in [1.29, 1.82) is 0 Å². The molecule has 0 aliphatic heterocycles. The zero-order valence-corrected chi connectivity index (χ0v) is 13.6. The first-order valence-electron chi connectivity index (χ1n) is 7.62. The average Bonchev–Trinajstić information content (AvgIpc) is 3.04. The van der Waals surface area contributed by atoms with Gasteiger partial charge in [-0.1, -0.05) is 12.1 Å². The summed E-state index contributed by atoms with van der Waals surface area (Å²) in [6.07, 6.45) is 3.27. The molecule has 0 atom stereocenters. The Morgan fingerprint density at radius 2 is 2.04 bits per heavy atom. The Morgan fingerprint density at radius 1 is 1.21 bits per heavy atom. The summed E-state index contributed by atoms with van der Waals surface area (Å²) in [7, 11) is 3.95. The highest BCUT2D eigenvalue weighted by Gasteiger charge is 2.14. The van der Waals surface area contributed by atoms with Gasteiger partial charge in [-0.25, -0.2) is 4.98 Å². The lowest BCUT2D eigenvalue weighted by Crippen LogP contribution is -2.21. The van der Waals surface area contributed by atoms with Crippen molar-refractivity contribution in [3.8, 4) is 5.75 Å². The fourth-order valence-electron chi connectivity index (χ4n) is 2.23. The first-order valence-corrected chi connectivity index (χ1v) is 7.62. The van der Waals surface area contributed by atoms with Crippen LogP contribution < -0.4 is 10.1 Å². The van der Waals surface area contributed by atoms with Crippen molar-refractivity contribution in [2.45, 2.75) is 0 Å². The Kier molecular flexibility index (Phi) is 4.72. The number of anilines is 1. The van der Waals surface area contributed by atoms with E-state index in [4.69, 9.17) is 4.74 Å². The predicted molar refractivity (Wildman–Crippen MR) is 91.4 cm³/mol. The zero-order chi connectivity index (χ0) is 16.9. The van der Waals surface area contributed by atoms with E-state index in [1.807, 2.05) is 31.1 Å². The summed E-state index contributed by atoms with van der Waals surface area (Å²) in [5.74, 6) is 0.860. The highest BCUT2D eigenvalue weighted by Crippen LogP contribution is 2.20. The number of nitrogens with one attached hydrogen (secondary N) is 1. The third kappa shape index (κ3) is 3.52. The second kappa shape index (κ2) is 7.10. The van der Waals surface area contributed by atoms with Crippen LogP contribution in [0.3, 0.4) is 0 Å². The van der Waals surface area contributed by atoms with Gasteiger partial charge in [0.25, 0.3) is 5.91 Å². The average molecular weight is 325 g/mol. The lowest BCUT2D eigenvalue weighted by atomic mass is 10.2. The molecule has 24 heavy (non-hydrogen) atoms. The standard InChI is InChI=1S/C17H19N5O2/c1-21(2)11-12-24-14-6-4-3-5-13(14)17(23)20-16-7-9-18-15-8-10-19-22(15)16/h3-10H,11-12H2,1-2H3,(H,20,23). The van der Waals surface area contributed by atoms with Gasteiger partial charge in [0.1, 0.15) is 18.2 Å². The van der Waals surface area contributed by atoms with Crippen molar-refractivity contribution in [3.05, 3.63) is 54.4 Å². The van der Waals surface area contributed by atoms with Gasteiger partial charge in [0, 0.05) is 18.8 Å². The van der Waals surface area contributed by atoms with E-state index < -0.39 is 0 Å². The Labute approximate surface area is 139 Å². The number of nitrogens with zero attached hydrogens (tertiary/aromatic N) is 4. The van der Waals surface area contributed by atoms with Crippen LogP contribution in [0.15, 0.2) is 48.8 Å². The fourth-order valence-corrected chi connectivity index (χ4v) is 2.23. The highest BCUT2D eigenvalue weighted by atomic mass is 16.5. The molecular weight excluding hydrogens is 306 g/mol. The number of carbonyl (C=O) groups excluding carboxylic acids is 1. The Balaban J connectivity index is 1.79. The number of para-hydroxylation sites is 1. The Bertz CT molecular complexity index is 844. The number of likely N-dealkylation sites (N-methyl/N-ethyl adjacent to an activating group) is 1. The van der Waals surface area contributed by atoms with Crippen molar-refractivity contribution < 1.29 is 9.53 Å². The van der Waals surface area contributed by atoms with Gasteiger partial charge in [-0.2, -0.15) is 9.61 Å². The van der Waals surface area contributed by atoms with Gasteiger partial charge in [-0.05, 0) is 32.3 Å². The normalized spacial score (nSPS) is 11.0. The molecular formula is C17H19N5O2. The summed E-state index contributed by atoms with van der Waals surface area (Å²) in [4.78, 5) is 18.8. The van der Waals surface area contributed by atoms with Crippen molar-refractivity contribution in [1.82, 2.24) is 19.5 Å². The lowest BCUT2D eigenvalue weighted by Gasteiger charge is -2.14. The summed E-state index contributed by atoms with van der Waals surface area (Å²) < 4.78 is 7.32. The van der Waals surface area contributed by atoms with Crippen LogP contribution >= 0.6 is 0 Å². The molecule has 3 aromatic rings. The van der Waals surface area contributed by atoms with E-state index in [1.165, 1.54) is 0 Å². The first-order chi connectivity index (χ1) is 11.6. The summed E-state index contributed by atoms with van der Waals surface area (Å²) in [5.41, 5.74) is 1.15. The Hall–Kier alpha value is -2.93. The van der Waals surface area contributed by atoms with Gasteiger partial charge in [0.05, 0.1) is 11.8 Å². The molecule has 1 aromatic carbocycles. The number of amides is 1. The number of fused-ring (bicyclic) bond motifs is 1. The van der Waals surface area contributed by atoms with Gasteiger partial charge in [0.15, 0.2) is 5.65 Å². The third-order valence-electron chi connectivity index (χ3n) is 3.46. The molecule has 0 spiro atoms. The maximum atomic E-state index is 12.6. The van der Waals surface area contributed by atoms with Crippen LogP contribution in [-0.2, 0) is 0 Å². The minimum Gasteiger partial charge on any atom is -0.491 e. The van der Waals surface area contributed by atoms with Crippen molar-refractivity contribution in [2.24, 2.45) is 0 Å². The number of carbonyl (C=O) groups is 1. The largest absolute Gasteiger partial charge is 0.491 e. The second-order valence-electron chi connectivity index (χ2n) is 5.53. The monoisotopic (exact) mass is 325 g/mol. The summed E-state index contributed by atoms with van der Waals surface area (Å²) in [5, 5.41) is 7.02. The molecule has 0 radical (unpaired) electrons. The van der Waals surface area contributed by atoms with E-state index >= 15 is 0 Å². The molecule has 0 saturated carbocycles. The lowest BCUT2D eigenvalue weighted by molar-refractivity contribution is 0.102. The summed E-state index contributed by atoms with van der Waals surface area (Å²) >= 11 is 0. The molecule has 124 valence electrons. The van der Waals surface area contributed by atoms with Gasteiger partial charge in [-0.3, -0.25) is 4.79 Å². The molecule has 0 unspecified atom stereocenters. The molecule has 7 heteroatoms. The molecule has 0 saturated heterocycles. The molecule has 1 amide bonds. The van der Waals surface area contributed by atoms with Crippen LogP contribution in [0.2, 0.25) is 0 Å². The minimum absolute atomic E-state index is 0.251. The maximum Gasteiger partial charge on any atom is 0.260 e. The molecule has 2 heterocycles. The number of hydrogen-bond donors (Lipinski definition) is 1. The molecule has 7 nitrogen and oxygen atoms in total. The number of aromatic nitrogens is 3. The van der Waals surface area contributed by atoms with Crippen LogP contribution in [0.25, 0.3) is 5.65 Å². The Morgan fingerprint density at radius 3 is 2.88 bits per heavy atom. The number of rotatable bonds is 6. The highest BCUT2D eigenvalue weighted by molar-refractivity contribution is 6.05. The van der Waals surface area contributed by atoms with Crippen LogP contribution in [-0.4, -0.2) is 52.7 Å². The molecule has 0 fully saturated rings. The van der Waals surface area contributed by atoms with E-state index in [-0.39, 0.29) is 5.91 Å². The quantitative estimate of drug-likeness (QED) is 0.750. The van der Waals surface area contributed by atoms with Crippen molar-refractivity contribution in [3.63, 3.8) is 0 Å². The second-order valence-corrected chi connectivity index (χ2v) is 5.53. The molecule has 0 bridgehead atoms. The molecule has 1 N–H and O–H groups in total. The van der Waals surface area contributed by atoms with Crippen LogP contribution in [0, 0.1) is 0 Å². The van der Waals surface area contributed by atoms with Gasteiger partial charge >= 0.3 is 0 Å². The molecule has 0 aliphatic carbocycles. The SMILES string of the molecule is CN(C)CCOc1ccccc1C(=O)Nc1ccnc2ccnn12. The molecule has 2 aromatic heterocycles. The predicted octanol–water partition coefficient (Wildman–Crippen LogP) is 1.92. The van der Waals surface area contributed by atoms with Gasteiger partial charge in [-0.15, -0.1) is 0 Å². The minimum atomic E-state index is -0.251. The van der Waals surface area contributed by atoms with Gasteiger partial charge in [0.2, 0.25) is 0 Å². The number of ether oxygens (including phenoxy) is 1. The van der Waals surface area contributed by atoms with Crippen molar-refractivity contribution >= 4 is 17.4 Å². The third-order valence-corrected chi connectivity index (χ3v) is 3.46. The van der Waals surface area contributed by atoms with E-state index in [1.54, 1.807) is 41.2 Å². The van der Waals surface area contributed by atoms with E-state index in [0.717, 1.165) is 6.54 Å². The number of benzene rings is 1. The zero-order valence-electron chi connectivity index (χ0n) is 13.6. The fraction of sp³-hybridized carbons (Fsp3) is 0.235. The first kappa shape index (κ1) is 15.9.